The number of hydrogen-bond acceptors (Lipinski definition) is 6. The Labute approximate surface area is 183 Å². The lowest BCUT2D eigenvalue weighted by atomic mass is 9.44. The van der Waals surface area contributed by atoms with Crippen LogP contribution in [0.5, 0.6) is 0 Å². The molecule has 0 aliphatic carbocycles. The first-order chi connectivity index (χ1) is 14.8. The second-order valence-corrected chi connectivity index (χ2v) is 7.45. The number of nitrogens with zero attached hydrogens (tertiary/aromatic N) is 1. The number of carboxylic acids is 4. The van der Waals surface area contributed by atoms with Gasteiger partial charge in [-0.1, -0.05) is 33.8 Å². The van der Waals surface area contributed by atoms with Crippen LogP contribution in [0.1, 0.15) is 58.1 Å². The summed E-state index contributed by atoms with van der Waals surface area (Å²) in [6.07, 6.45) is -1.71. The molecule has 0 aliphatic rings. The van der Waals surface area contributed by atoms with Gasteiger partial charge in [0.05, 0.1) is 4.92 Å². The van der Waals surface area contributed by atoms with Crippen molar-refractivity contribution in [1.29, 1.82) is 0 Å². The normalized spacial score (nSPS) is 12.2. The standard InChI is InChI=1S/C21H27NO10/c1-5-12-11-13(22(31)32)9-10-14(12)21(8-4,19(6-2,15(23)24)16(25)26)20(7-3,17(27)28)18(29)30/h9-11H,5-8H2,1-4H3,(H,23,24)(H,25,26)(H,27,28)(H,29,30). The average molecular weight is 453 g/mol. The average Bonchev–Trinajstić information content (AvgIpc) is 2.72. The van der Waals surface area contributed by atoms with Crippen LogP contribution in [0.2, 0.25) is 0 Å². The molecule has 0 aliphatic heterocycles. The van der Waals surface area contributed by atoms with E-state index in [2.05, 4.69) is 0 Å². The summed E-state index contributed by atoms with van der Waals surface area (Å²) in [7, 11) is 0. The molecule has 32 heavy (non-hydrogen) atoms. The molecular formula is C21H27NO10. The summed E-state index contributed by atoms with van der Waals surface area (Å²) in [6.45, 7) is 5.35. The van der Waals surface area contributed by atoms with Gasteiger partial charge in [-0.05, 0) is 36.8 Å². The van der Waals surface area contributed by atoms with Crippen molar-refractivity contribution in [3.8, 4) is 0 Å². The van der Waals surface area contributed by atoms with Gasteiger partial charge in [-0.25, -0.2) is 0 Å². The minimum atomic E-state index is -2.87. The highest BCUT2D eigenvalue weighted by molar-refractivity contribution is 6.07. The zero-order valence-corrected chi connectivity index (χ0v) is 18.2. The maximum absolute atomic E-state index is 12.6. The zero-order chi connectivity index (χ0) is 25.1. The second kappa shape index (κ2) is 9.33. The molecule has 176 valence electrons. The van der Waals surface area contributed by atoms with Crippen LogP contribution in [-0.4, -0.2) is 49.2 Å². The van der Waals surface area contributed by atoms with Gasteiger partial charge in [-0.3, -0.25) is 29.3 Å². The summed E-state index contributed by atoms with van der Waals surface area (Å²) in [6, 6.07) is 3.17. The van der Waals surface area contributed by atoms with Gasteiger partial charge in [0, 0.05) is 17.5 Å². The molecule has 4 N–H and O–H groups in total. The number of aryl methyl sites for hydroxylation is 1. The fourth-order valence-electron chi connectivity index (χ4n) is 5.14. The first-order valence-corrected chi connectivity index (χ1v) is 10.0. The van der Waals surface area contributed by atoms with Crippen LogP contribution < -0.4 is 0 Å². The van der Waals surface area contributed by atoms with E-state index in [1.54, 1.807) is 6.92 Å². The SMILES string of the molecule is CCc1cc([N+](=O)[O-])ccc1C(CC)(C(CC)(C(=O)O)C(=O)O)C(CC)(C(=O)O)C(=O)O. The van der Waals surface area contributed by atoms with Crippen LogP contribution in [0.3, 0.4) is 0 Å². The molecule has 1 rings (SSSR count). The maximum Gasteiger partial charge on any atom is 0.322 e. The number of non-ortho nitro benzene ring substituents is 1. The first-order valence-electron chi connectivity index (χ1n) is 10.0. The Hall–Kier alpha value is -3.50. The van der Waals surface area contributed by atoms with Gasteiger partial charge in [0.25, 0.3) is 5.69 Å². The summed E-state index contributed by atoms with van der Waals surface area (Å²) in [5, 5.41) is 52.0. The van der Waals surface area contributed by atoms with Crippen molar-refractivity contribution in [3.05, 3.63) is 39.4 Å². The summed E-state index contributed by atoms with van der Waals surface area (Å²) < 4.78 is 0. The van der Waals surface area contributed by atoms with Crippen molar-refractivity contribution in [2.24, 2.45) is 10.8 Å². The quantitative estimate of drug-likeness (QED) is 0.208. The Morgan fingerprint density at radius 1 is 0.812 bits per heavy atom. The van der Waals surface area contributed by atoms with E-state index in [9.17, 15) is 49.7 Å². The molecule has 11 nitrogen and oxygen atoms in total. The number of carboxylic acid groups (broad SMARTS) is 4. The molecule has 0 spiro atoms. The molecule has 0 atom stereocenters. The molecule has 1 aromatic carbocycles. The highest BCUT2D eigenvalue weighted by Crippen LogP contribution is 2.60. The molecule has 11 heteroatoms. The minimum absolute atomic E-state index is 0.0385. The van der Waals surface area contributed by atoms with Crippen LogP contribution in [-0.2, 0) is 31.0 Å². The molecule has 1 aromatic rings. The van der Waals surface area contributed by atoms with E-state index in [1.165, 1.54) is 20.8 Å². The number of benzene rings is 1. The smallest absolute Gasteiger partial charge is 0.322 e. The Bertz CT molecular complexity index is 884. The second-order valence-electron chi connectivity index (χ2n) is 7.45. The van der Waals surface area contributed by atoms with Gasteiger partial charge in [0.15, 0.2) is 10.8 Å². The lowest BCUT2D eigenvalue weighted by Crippen LogP contribution is -2.68. The summed E-state index contributed by atoms with van der Waals surface area (Å²) in [5.41, 5.74) is -8.67. The monoisotopic (exact) mass is 453 g/mol. The topological polar surface area (TPSA) is 192 Å². The van der Waals surface area contributed by atoms with E-state index >= 15 is 0 Å². The molecule has 0 aromatic heterocycles. The predicted molar refractivity (Wildman–Crippen MR) is 110 cm³/mol. The van der Waals surface area contributed by atoms with Crippen LogP contribution in [0.25, 0.3) is 0 Å². The van der Waals surface area contributed by atoms with Gasteiger partial charge in [0.2, 0.25) is 0 Å². The van der Waals surface area contributed by atoms with Crippen molar-refractivity contribution in [1.82, 2.24) is 0 Å². The van der Waals surface area contributed by atoms with Gasteiger partial charge < -0.3 is 20.4 Å². The van der Waals surface area contributed by atoms with Gasteiger partial charge in [-0.15, -0.1) is 0 Å². The largest absolute Gasteiger partial charge is 0.480 e. The minimum Gasteiger partial charge on any atom is -0.480 e. The number of carbonyl (C=O) groups is 4. The number of hydrogen-bond donors (Lipinski definition) is 4. The number of nitro benzene ring substituents is 1. The molecule has 0 amide bonds. The van der Waals surface area contributed by atoms with E-state index < -0.39 is 64.3 Å². The van der Waals surface area contributed by atoms with Crippen molar-refractivity contribution in [2.45, 2.75) is 58.8 Å². The fourth-order valence-corrected chi connectivity index (χ4v) is 5.14. The van der Waals surface area contributed by atoms with Crippen LogP contribution >= 0.6 is 0 Å². The fraction of sp³-hybridized carbons (Fsp3) is 0.524. The van der Waals surface area contributed by atoms with Gasteiger partial charge in [0.1, 0.15) is 0 Å². The molecule has 0 saturated heterocycles. The summed E-state index contributed by atoms with van der Waals surface area (Å²) in [4.78, 5) is 60.9. The van der Waals surface area contributed by atoms with Crippen molar-refractivity contribution >= 4 is 29.6 Å². The Morgan fingerprint density at radius 2 is 1.22 bits per heavy atom. The van der Waals surface area contributed by atoms with E-state index in [4.69, 9.17) is 0 Å². The molecule has 0 bridgehead atoms. The maximum atomic E-state index is 12.6. The lowest BCUT2D eigenvalue weighted by Gasteiger charge is -2.53. The Morgan fingerprint density at radius 3 is 1.47 bits per heavy atom. The highest BCUT2D eigenvalue weighted by atomic mass is 16.6. The van der Waals surface area contributed by atoms with Crippen molar-refractivity contribution < 1.29 is 44.5 Å². The molecular weight excluding hydrogens is 426 g/mol. The van der Waals surface area contributed by atoms with E-state index in [0.29, 0.717) is 0 Å². The molecule has 0 fully saturated rings. The zero-order valence-electron chi connectivity index (χ0n) is 18.2. The molecule has 0 saturated carbocycles. The Balaban J connectivity index is 4.56. The molecule has 0 unspecified atom stereocenters. The Kier molecular flexibility index (Phi) is 7.74. The summed E-state index contributed by atoms with van der Waals surface area (Å²) >= 11 is 0. The van der Waals surface area contributed by atoms with E-state index in [1.807, 2.05) is 0 Å². The predicted octanol–water partition coefficient (Wildman–Crippen LogP) is 2.94. The van der Waals surface area contributed by atoms with Crippen LogP contribution in [0, 0.1) is 20.9 Å². The third-order valence-corrected chi connectivity index (χ3v) is 6.65. The number of rotatable bonds is 12. The summed E-state index contributed by atoms with van der Waals surface area (Å²) in [5.74, 6) is -7.57. The van der Waals surface area contributed by atoms with E-state index in [-0.39, 0.29) is 23.2 Å². The third-order valence-electron chi connectivity index (χ3n) is 6.65. The lowest BCUT2D eigenvalue weighted by molar-refractivity contribution is -0.384. The number of nitro groups is 1. The van der Waals surface area contributed by atoms with Crippen molar-refractivity contribution in [3.63, 3.8) is 0 Å². The van der Waals surface area contributed by atoms with Gasteiger partial charge in [-0.2, -0.15) is 0 Å². The first kappa shape index (κ1) is 26.5. The number of aliphatic carboxylic acids is 4. The van der Waals surface area contributed by atoms with E-state index in [0.717, 1.165) is 18.2 Å². The van der Waals surface area contributed by atoms with Crippen LogP contribution in [0.15, 0.2) is 18.2 Å². The van der Waals surface area contributed by atoms with Crippen molar-refractivity contribution in [2.75, 3.05) is 0 Å². The third kappa shape index (κ3) is 3.28. The molecule has 0 heterocycles. The van der Waals surface area contributed by atoms with Crippen LogP contribution in [0.4, 0.5) is 5.69 Å². The van der Waals surface area contributed by atoms with Gasteiger partial charge >= 0.3 is 23.9 Å². The molecule has 0 radical (unpaired) electrons. The highest BCUT2D eigenvalue weighted by Gasteiger charge is 2.74.